The molecular weight excluding hydrogens is 328 g/mol. The van der Waals surface area contributed by atoms with Gasteiger partial charge in [0, 0.05) is 12.3 Å². The van der Waals surface area contributed by atoms with Crippen LogP contribution in [0.3, 0.4) is 0 Å². The molecule has 0 radical (unpaired) electrons. The van der Waals surface area contributed by atoms with E-state index in [4.69, 9.17) is 4.74 Å². The molecule has 0 spiro atoms. The molecule has 2 heterocycles. The number of rotatable bonds is 3. The van der Waals surface area contributed by atoms with E-state index in [0.29, 0.717) is 6.42 Å². The Morgan fingerprint density at radius 3 is 2.65 bits per heavy atom. The Bertz CT molecular complexity index is 851. The van der Waals surface area contributed by atoms with Crippen LogP contribution in [0.1, 0.15) is 43.4 Å². The lowest BCUT2D eigenvalue weighted by Gasteiger charge is -2.46. The molecule has 1 fully saturated rings. The highest BCUT2D eigenvalue weighted by atomic mass is 16.5. The molecule has 5 nitrogen and oxygen atoms in total. The van der Waals surface area contributed by atoms with Crippen LogP contribution < -0.4 is 15.4 Å². The molecule has 4 rings (SSSR count). The van der Waals surface area contributed by atoms with Crippen molar-refractivity contribution in [2.45, 2.75) is 38.0 Å². The van der Waals surface area contributed by atoms with Crippen LogP contribution in [0, 0.1) is 5.92 Å². The topological polar surface area (TPSA) is 67.4 Å². The summed E-state index contributed by atoms with van der Waals surface area (Å²) < 4.78 is 5.98. The molecule has 1 saturated heterocycles. The van der Waals surface area contributed by atoms with Gasteiger partial charge in [-0.25, -0.2) is 0 Å². The standard InChI is InChI=1S/C21H22N2O3/c1-13(14-8-4-3-5-9-14)22-19(24)18-16-12-21(2,23-20(18)25)26-17-11-7-6-10-15(16)17/h3-11,13,16,18H,12H2,1-2H3,(H,22,24)(H,23,25)/t13-,16+,18+,21-/m1/s1. The molecule has 0 aromatic heterocycles. The van der Waals surface area contributed by atoms with E-state index in [1.54, 1.807) is 0 Å². The summed E-state index contributed by atoms with van der Waals surface area (Å²) in [7, 11) is 0. The zero-order valence-corrected chi connectivity index (χ0v) is 14.9. The van der Waals surface area contributed by atoms with Crippen LogP contribution in [0.5, 0.6) is 5.75 Å². The van der Waals surface area contributed by atoms with E-state index < -0.39 is 11.6 Å². The average Bonchev–Trinajstić information content (AvgIpc) is 2.61. The van der Waals surface area contributed by atoms with Gasteiger partial charge in [-0.3, -0.25) is 9.59 Å². The highest BCUT2D eigenvalue weighted by molar-refractivity contribution is 6.02. The Morgan fingerprint density at radius 1 is 1.19 bits per heavy atom. The summed E-state index contributed by atoms with van der Waals surface area (Å²) in [4.78, 5) is 25.7. The summed E-state index contributed by atoms with van der Waals surface area (Å²) in [5.41, 5.74) is 1.17. The Balaban J connectivity index is 1.62. The molecule has 134 valence electrons. The third-order valence-corrected chi connectivity index (χ3v) is 5.28. The number of para-hydroxylation sites is 1. The van der Waals surface area contributed by atoms with Crippen molar-refractivity contribution >= 4 is 11.8 Å². The first-order chi connectivity index (χ1) is 12.5. The SMILES string of the molecule is C[C@@H](NC(=O)[C@H]1C(=O)N[C@@]2(C)C[C@H]1c1ccccc1O2)c1ccccc1. The Kier molecular flexibility index (Phi) is 3.94. The highest BCUT2D eigenvalue weighted by Gasteiger charge is 2.51. The van der Waals surface area contributed by atoms with Crippen LogP contribution in [0.4, 0.5) is 0 Å². The molecular formula is C21H22N2O3. The van der Waals surface area contributed by atoms with Crippen molar-refractivity contribution in [1.29, 1.82) is 0 Å². The fourth-order valence-electron chi connectivity index (χ4n) is 4.02. The minimum absolute atomic E-state index is 0.167. The van der Waals surface area contributed by atoms with E-state index in [2.05, 4.69) is 10.6 Å². The summed E-state index contributed by atoms with van der Waals surface area (Å²) >= 11 is 0. The first-order valence-corrected chi connectivity index (χ1v) is 8.92. The number of carbonyl (C=O) groups is 2. The van der Waals surface area contributed by atoms with E-state index >= 15 is 0 Å². The first kappa shape index (κ1) is 16.6. The van der Waals surface area contributed by atoms with Crippen molar-refractivity contribution in [2.24, 2.45) is 5.92 Å². The minimum atomic E-state index is -0.766. The number of nitrogens with one attached hydrogen (secondary N) is 2. The predicted octanol–water partition coefficient (Wildman–Crippen LogP) is 2.89. The molecule has 0 aliphatic carbocycles. The quantitative estimate of drug-likeness (QED) is 0.837. The lowest BCUT2D eigenvalue weighted by molar-refractivity contribution is -0.147. The molecule has 2 aromatic carbocycles. The largest absolute Gasteiger partial charge is 0.468 e. The van der Waals surface area contributed by atoms with Gasteiger partial charge in [0.1, 0.15) is 11.7 Å². The molecule has 2 aromatic rings. The van der Waals surface area contributed by atoms with Gasteiger partial charge in [0.05, 0.1) is 6.04 Å². The molecule has 5 heteroatoms. The summed E-state index contributed by atoms with van der Waals surface area (Å²) in [6.45, 7) is 3.78. The summed E-state index contributed by atoms with van der Waals surface area (Å²) in [5.74, 6) is -0.750. The number of amides is 2. The number of benzene rings is 2. The van der Waals surface area contributed by atoms with Gasteiger partial charge in [0.2, 0.25) is 11.8 Å². The molecule has 0 unspecified atom stereocenters. The van der Waals surface area contributed by atoms with Gasteiger partial charge in [-0.1, -0.05) is 48.5 Å². The molecule has 2 aliphatic rings. The molecule has 0 saturated carbocycles. The second-order valence-electron chi connectivity index (χ2n) is 7.29. The van der Waals surface area contributed by atoms with Gasteiger partial charge in [-0.15, -0.1) is 0 Å². The zero-order valence-electron chi connectivity index (χ0n) is 14.9. The summed E-state index contributed by atoms with van der Waals surface area (Å²) in [5, 5.41) is 5.89. The molecule has 2 bridgehead atoms. The molecule has 2 amide bonds. The number of fused-ring (bicyclic) bond motifs is 4. The predicted molar refractivity (Wildman–Crippen MR) is 97.5 cm³/mol. The molecule has 2 N–H and O–H groups in total. The van der Waals surface area contributed by atoms with Crippen molar-refractivity contribution < 1.29 is 14.3 Å². The van der Waals surface area contributed by atoms with Crippen molar-refractivity contribution in [3.63, 3.8) is 0 Å². The third kappa shape index (κ3) is 2.83. The lowest BCUT2D eigenvalue weighted by Crippen LogP contribution is -2.63. The van der Waals surface area contributed by atoms with Crippen molar-refractivity contribution in [3.8, 4) is 5.75 Å². The maximum Gasteiger partial charge on any atom is 0.236 e. The average molecular weight is 350 g/mol. The molecule has 26 heavy (non-hydrogen) atoms. The lowest BCUT2D eigenvalue weighted by atomic mass is 9.74. The van der Waals surface area contributed by atoms with Gasteiger partial charge in [0.25, 0.3) is 0 Å². The Morgan fingerprint density at radius 2 is 1.88 bits per heavy atom. The third-order valence-electron chi connectivity index (χ3n) is 5.28. The van der Waals surface area contributed by atoms with Crippen LogP contribution in [-0.4, -0.2) is 17.5 Å². The van der Waals surface area contributed by atoms with E-state index in [-0.39, 0.29) is 23.8 Å². The number of hydrogen-bond donors (Lipinski definition) is 2. The van der Waals surface area contributed by atoms with Crippen LogP contribution >= 0.6 is 0 Å². The fraction of sp³-hybridized carbons (Fsp3) is 0.333. The maximum absolute atomic E-state index is 13.0. The maximum atomic E-state index is 13.0. The number of piperidine rings is 1. The van der Waals surface area contributed by atoms with Crippen LogP contribution in [0.25, 0.3) is 0 Å². The monoisotopic (exact) mass is 350 g/mol. The van der Waals surface area contributed by atoms with Crippen LogP contribution in [0.15, 0.2) is 54.6 Å². The first-order valence-electron chi connectivity index (χ1n) is 8.92. The number of ether oxygens (including phenoxy) is 1. The minimum Gasteiger partial charge on any atom is -0.468 e. The van der Waals surface area contributed by atoms with E-state index in [9.17, 15) is 9.59 Å². The van der Waals surface area contributed by atoms with Gasteiger partial charge in [0.15, 0.2) is 5.72 Å². The van der Waals surface area contributed by atoms with E-state index in [0.717, 1.165) is 16.9 Å². The number of carbonyl (C=O) groups excluding carboxylic acids is 2. The highest BCUT2D eigenvalue weighted by Crippen LogP contribution is 2.46. The van der Waals surface area contributed by atoms with E-state index in [1.807, 2.05) is 68.4 Å². The fourth-order valence-corrected chi connectivity index (χ4v) is 4.02. The molecule has 2 aliphatic heterocycles. The summed E-state index contributed by atoms with van der Waals surface area (Å²) in [6.07, 6.45) is 0.577. The molecule has 4 atom stereocenters. The van der Waals surface area contributed by atoms with Crippen molar-refractivity contribution in [1.82, 2.24) is 10.6 Å². The number of hydrogen-bond acceptors (Lipinski definition) is 3. The summed E-state index contributed by atoms with van der Waals surface area (Å²) in [6, 6.07) is 17.2. The normalized spacial score (nSPS) is 27.5. The van der Waals surface area contributed by atoms with Crippen LogP contribution in [-0.2, 0) is 9.59 Å². The smallest absolute Gasteiger partial charge is 0.236 e. The van der Waals surface area contributed by atoms with Gasteiger partial charge in [-0.05, 0) is 31.0 Å². The Hall–Kier alpha value is -2.82. The van der Waals surface area contributed by atoms with Crippen LogP contribution in [0.2, 0.25) is 0 Å². The van der Waals surface area contributed by atoms with Gasteiger partial charge >= 0.3 is 0 Å². The van der Waals surface area contributed by atoms with E-state index in [1.165, 1.54) is 0 Å². The Labute approximate surface area is 152 Å². The second-order valence-corrected chi connectivity index (χ2v) is 7.29. The van der Waals surface area contributed by atoms with Gasteiger partial charge in [-0.2, -0.15) is 0 Å². The second kappa shape index (κ2) is 6.16. The van der Waals surface area contributed by atoms with Crippen molar-refractivity contribution in [2.75, 3.05) is 0 Å². The van der Waals surface area contributed by atoms with Crippen molar-refractivity contribution in [3.05, 3.63) is 65.7 Å². The van der Waals surface area contributed by atoms with Gasteiger partial charge < -0.3 is 15.4 Å². The zero-order chi connectivity index (χ0) is 18.3.